The highest BCUT2D eigenvalue weighted by Crippen LogP contribution is 2.35. The van der Waals surface area contributed by atoms with Crippen molar-refractivity contribution in [3.05, 3.63) is 66.2 Å². The van der Waals surface area contributed by atoms with Crippen molar-refractivity contribution in [2.75, 3.05) is 18.0 Å². The highest BCUT2D eigenvalue weighted by Gasteiger charge is 2.28. The van der Waals surface area contributed by atoms with E-state index in [1.807, 2.05) is 26.8 Å². The van der Waals surface area contributed by atoms with Gasteiger partial charge in [-0.25, -0.2) is 9.37 Å². The highest BCUT2D eigenvalue weighted by molar-refractivity contribution is 6.01. The number of halogens is 1. The van der Waals surface area contributed by atoms with Gasteiger partial charge in [-0.2, -0.15) is 10.1 Å². The summed E-state index contributed by atoms with van der Waals surface area (Å²) in [5.41, 5.74) is 1.92. The number of nitrogens with one attached hydrogen (secondary N) is 3. The zero-order chi connectivity index (χ0) is 27.7. The molecule has 12 heteroatoms. The smallest absolute Gasteiger partial charge is 0.315 e. The van der Waals surface area contributed by atoms with Gasteiger partial charge in [0.2, 0.25) is 5.91 Å². The summed E-state index contributed by atoms with van der Waals surface area (Å²) in [6.45, 7) is 10.5. The van der Waals surface area contributed by atoms with Gasteiger partial charge in [-0.05, 0) is 35.8 Å². The van der Waals surface area contributed by atoms with E-state index in [4.69, 9.17) is 4.52 Å². The number of hydrogen-bond acceptors (Lipinski definition) is 8. The predicted octanol–water partition coefficient (Wildman–Crippen LogP) is 3.26. The van der Waals surface area contributed by atoms with Gasteiger partial charge in [0.1, 0.15) is 5.82 Å². The highest BCUT2D eigenvalue weighted by atomic mass is 19.1. The zero-order valence-electron chi connectivity index (χ0n) is 21.9. The van der Waals surface area contributed by atoms with Crippen molar-refractivity contribution in [3.8, 4) is 11.1 Å². The minimum Gasteiger partial charge on any atom is -0.352 e. The number of hydrogen-bond donors (Lipinski definition) is 3. The Morgan fingerprint density at radius 1 is 1.31 bits per heavy atom. The zero-order valence-corrected chi connectivity index (χ0v) is 21.9. The number of aromatic amines is 1. The Labute approximate surface area is 223 Å². The number of rotatable bonds is 7. The van der Waals surface area contributed by atoms with Crippen molar-refractivity contribution in [2.24, 2.45) is 0 Å². The standard InChI is InChI=1S/C27H29FN8O3/c1-5-20(37)31-17-9-11-36(14-17)23-21-18(8-10-29-22(21)33-34-23)15-6-7-16(19(28)12-15)13-30-24(38)25-32-26(35-39-25)27(2,3)4/h5-8,10,12,17H,1,9,11,13-14H2,2-4H3,(H,30,38)(H,31,37)(H,29,33,34)/t17-/m1/s1. The Balaban J connectivity index is 1.34. The number of H-pyrrole nitrogens is 1. The summed E-state index contributed by atoms with van der Waals surface area (Å²) >= 11 is 0. The molecule has 11 nitrogen and oxygen atoms in total. The predicted molar refractivity (Wildman–Crippen MR) is 142 cm³/mol. The SMILES string of the molecule is C=CC(=O)N[C@@H]1CCN(c2n[nH]c3nccc(-c4ccc(CNC(=O)c5nc(C(C)(C)C)no5)c(F)c4)c23)C1. The molecule has 2 amide bonds. The van der Waals surface area contributed by atoms with Crippen LogP contribution in [0.2, 0.25) is 0 Å². The van der Waals surface area contributed by atoms with Gasteiger partial charge in [-0.3, -0.25) is 14.7 Å². The van der Waals surface area contributed by atoms with Gasteiger partial charge in [-0.1, -0.05) is 44.6 Å². The van der Waals surface area contributed by atoms with Crippen LogP contribution in [0.15, 0.2) is 47.6 Å². The van der Waals surface area contributed by atoms with Crippen molar-refractivity contribution in [3.63, 3.8) is 0 Å². The topological polar surface area (TPSA) is 142 Å². The normalized spacial score (nSPS) is 15.5. The van der Waals surface area contributed by atoms with E-state index in [9.17, 15) is 9.59 Å². The van der Waals surface area contributed by atoms with E-state index in [2.05, 4.69) is 47.4 Å². The molecule has 0 bridgehead atoms. The molecule has 0 aliphatic carbocycles. The fourth-order valence-electron chi connectivity index (χ4n) is 4.46. The van der Waals surface area contributed by atoms with Crippen molar-refractivity contribution >= 4 is 28.7 Å². The second-order valence-corrected chi connectivity index (χ2v) is 10.4. The summed E-state index contributed by atoms with van der Waals surface area (Å²) in [4.78, 5) is 34.8. The molecule has 1 aromatic carbocycles. The average Bonchev–Trinajstić information content (AvgIpc) is 3.66. The summed E-state index contributed by atoms with van der Waals surface area (Å²) < 4.78 is 20.2. The molecule has 1 saturated heterocycles. The quantitative estimate of drug-likeness (QED) is 0.308. The minimum absolute atomic E-state index is 0.0264. The van der Waals surface area contributed by atoms with Crippen molar-refractivity contribution < 1.29 is 18.5 Å². The van der Waals surface area contributed by atoms with Gasteiger partial charge in [0.25, 0.3) is 0 Å². The lowest BCUT2D eigenvalue weighted by molar-refractivity contribution is -0.117. The molecule has 1 aliphatic rings. The molecule has 0 radical (unpaired) electrons. The van der Waals surface area contributed by atoms with Gasteiger partial charge in [0.15, 0.2) is 17.3 Å². The third-order valence-electron chi connectivity index (χ3n) is 6.56. The molecule has 3 N–H and O–H groups in total. The van der Waals surface area contributed by atoms with Crippen LogP contribution >= 0.6 is 0 Å². The third-order valence-corrected chi connectivity index (χ3v) is 6.56. The van der Waals surface area contributed by atoms with Gasteiger partial charge in [-0.15, -0.1) is 0 Å². The maximum Gasteiger partial charge on any atom is 0.315 e. The van der Waals surface area contributed by atoms with Gasteiger partial charge >= 0.3 is 11.8 Å². The van der Waals surface area contributed by atoms with Crippen LogP contribution in [0, 0.1) is 5.82 Å². The van der Waals surface area contributed by atoms with E-state index in [1.54, 1.807) is 18.3 Å². The largest absolute Gasteiger partial charge is 0.352 e. The van der Waals surface area contributed by atoms with E-state index >= 15 is 4.39 Å². The summed E-state index contributed by atoms with van der Waals surface area (Å²) in [7, 11) is 0. The Morgan fingerprint density at radius 2 is 2.13 bits per heavy atom. The second-order valence-electron chi connectivity index (χ2n) is 10.4. The van der Waals surface area contributed by atoms with Crippen LogP contribution in [0.5, 0.6) is 0 Å². The first-order valence-corrected chi connectivity index (χ1v) is 12.6. The molecular formula is C27H29FN8O3. The number of anilines is 1. The number of carbonyl (C=O) groups is 2. The monoisotopic (exact) mass is 532 g/mol. The Bertz CT molecular complexity index is 1550. The van der Waals surface area contributed by atoms with Gasteiger partial charge in [0.05, 0.1) is 5.39 Å². The Morgan fingerprint density at radius 3 is 2.85 bits per heavy atom. The lowest BCUT2D eigenvalue weighted by Crippen LogP contribution is -2.36. The number of carbonyl (C=O) groups excluding carboxylic acids is 2. The number of pyridine rings is 1. The number of fused-ring (bicyclic) bond motifs is 1. The number of benzene rings is 1. The lowest BCUT2D eigenvalue weighted by atomic mass is 9.96. The maximum absolute atomic E-state index is 15.2. The second kappa shape index (κ2) is 10.3. The molecule has 202 valence electrons. The van der Waals surface area contributed by atoms with Crippen molar-refractivity contribution in [2.45, 2.75) is 45.2 Å². The lowest BCUT2D eigenvalue weighted by Gasteiger charge is -2.17. The summed E-state index contributed by atoms with van der Waals surface area (Å²) in [5.74, 6) is -0.331. The van der Waals surface area contributed by atoms with E-state index in [0.29, 0.717) is 41.5 Å². The van der Waals surface area contributed by atoms with Gasteiger partial charge < -0.3 is 20.1 Å². The number of aromatic nitrogens is 5. The molecule has 0 spiro atoms. The first kappa shape index (κ1) is 26.0. The summed E-state index contributed by atoms with van der Waals surface area (Å²) in [6.07, 6.45) is 3.66. The molecule has 0 saturated carbocycles. The molecule has 1 aliphatic heterocycles. The molecule has 4 heterocycles. The average molecular weight is 533 g/mol. The van der Waals surface area contributed by atoms with E-state index in [0.717, 1.165) is 17.4 Å². The van der Waals surface area contributed by atoms with Crippen LogP contribution in [0.4, 0.5) is 10.2 Å². The maximum atomic E-state index is 15.2. The first-order chi connectivity index (χ1) is 18.6. The van der Waals surface area contributed by atoms with Crippen molar-refractivity contribution in [1.82, 2.24) is 36.0 Å². The van der Waals surface area contributed by atoms with Crippen LogP contribution < -0.4 is 15.5 Å². The van der Waals surface area contributed by atoms with E-state index < -0.39 is 11.7 Å². The number of nitrogens with zero attached hydrogens (tertiary/aromatic N) is 5. The molecule has 0 unspecified atom stereocenters. The fourth-order valence-corrected chi connectivity index (χ4v) is 4.46. The molecule has 5 rings (SSSR count). The fraction of sp³-hybridized carbons (Fsp3) is 0.333. The molecule has 39 heavy (non-hydrogen) atoms. The summed E-state index contributed by atoms with van der Waals surface area (Å²) in [5, 5.41) is 17.6. The Kier molecular flexibility index (Phi) is 6.85. The minimum atomic E-state index is -0.575. The molecular weight excluding hydrogens is 503 g/mol. The van der Waals surface area contributed by atoms with Crippen LogP contribution in [0.25, 0.3) is 22.2 Å². The van der Waals surface area contributed by atoms with Crippen molar-refractivity contribution in [1.29, 1.82) is 0 Å². The molecule has 1 fully saturated rings. The van der Waals surface area contributed by atoms with E-state index in [-0.39, 0.29) is 29.8 Å². The van der Waals surface area contributed by atoms with E-state index in [1.165, 1.54) is 12.1 Å². The number of amides is 2. The van der Waals surface area contributed by atoms with Gasteiger partial charge in [0, 0.05) is 42.9 Å². The van der Waals surface area contributed by atoms with Crippen LogP contribution in [0.1, 0.15) is 49.3 Å². The van der Waals surface area contributed by atoms with Crippen LogP contribution in [-0.2, 0) is 16.8 Å². The van der Waals surface area contributed by atoms with Crippen LogP contribution in [-0.4, -0.2) is 56.3 Å². The Hall–Kier alpha value is -4.61. The summed E-state index contributed by atoms with van der Waals surface area (Å²) in [6, 6.07) is 6.63. The third kappa shape index (κ3) is 5.35. The first-order valence-electron chi connectivity index (χ1n) is 12.6. The molecule has 1 atom stereocenters. The van der Waals surface area contributed by atoms with Crippen LogP contribution in [0.3, 0.4) is 0 Å². The molecule has 4 aromatic rings. The molecule has 3 aromatic heterocycles.